The summed E-state index contributed by atoms with van der Waals surface area (Å²) in [4.78, 5) is 31.7. The van der Waals surface area contributed by atoms with Gasteiger partial charge in [0, 0.05) is 28.0 Å². The molecule has 9 nitrogen and oxygen atoms in total. The maximum atomic E-state index is 12.6. The van der Waals surface area contributed by atoms with Crippen LogP contribution in [0.5, 0.6) is 0 Å². The van der Waals surface area contributed by atoms with Gasteiger partial charge in [-0.05, 0) is 53.2 Å². The number of carbonyl (C=O) groups is 2. The van der Waals surface area contributed by atoms with E-state index in [0.29, 0.717) is 27.7 Å². The monoisotopic (exact) mass is 683 g/mol. The number of aromatic nitrogens is 1. The summed E-state index contributed by atoms with van der Waals surface area (Å²) in [6.07, 6.45) is 3.74. The van der Waals surface area contributed by atoms with Gasteiger partial charge in [0.1, 0.15) is 17.4 Å². The number of nitrogens with one attached hydrogen (secondary N) is 3. The first-order valence-corrected chi connectivity index (χ1v) is 17.9. The van der Waals surface area contributed by atoms with Crippen LogP contribution in [0, 0.1) is 5.41 Å². The van der Waals surface area contributed by atoms with E-state index < -0.39 is 0 Å². The zero-order chi connectivity index (χ0) is 32.6. The highest BCUT2D eigenvalue weighted by molar-refractivity contribution is 7.99. The number of thiophene rings is 2. The standard InChI is InChI=1S/C17H15N3OS2.C16H14N4OS2/c1-22-20-16(18)15-9-12(10-23-15)19-17(21)14-8-4-6-11-5-2-3-7-13(11)14;1-22-13-12(8-23-14(13)15(17)18)20-16(21)11-7-6-9-4-2-3-5-10(9)19-11/h2-10H,1H3,(H2,18,20)(H,19,21);2-8H,1H3,(H3,17,18)(H,20,21). The Labute approximate surface area is 282 Å². The number of anilines is 2. The maximum absolute atomic E-state index is 12.6. The normalized spacial score (nSPS) is 11.1. The minimum absolute atomic E-state index is 0.00341. The summed E-state index contributed by atoms with van der Waals surface area (Å²) in [6, 6.07) is 26.6. The highest BCUT2D eigenvalue weighted by Crippen LogP contribution is 2.35. The average Bonchev–Trinajstić information content (AvgIpc) is 3.71. The van der Waals surface area contributed by atoms with E-state index in [-0.39, 0.29) is 17.6 Å². The molecule has 0 bridgehead atoms. The first-order valence-electron chi connectivity index (χ1n) is 13.7. The van der Waals surface area contributed by atoms with E-state index in [2.05, 4.69) is 20.0 Å². The lowest BCUT2D eigenvalue weighted by Crippen LogP contribution is -2.14. The van der Waals surface area contributed by atoms with Crippen molar-refractivity contribution in [3.63, 3.8) is 0 Å². The van der Waals surface area contributed by atoms with Crippen LogP contribution >= 0.6 is 46.4 Å². The zero-order valence-electron chi connectivity index (χ0n) is 24.7. The van der Waals surface area contributed by atoms with Crippen molar-refractivity contribution in [1.29, 1.82) is 5.41 Å². The number of benzene rings is 3. The summed E-state index contributed by atoms with van der Waals surface area (Å²) in [7, 11) is 0. The summed E-state index contributed by atoms with van der Waals surface area (Å²) in [6.45, 7) is 0. The van der Waals surface area contributed by atoms with E-state index in [0.717, 1.165) is 37.1 Å². The molecule has 6 aromatic rings. The van der Waals surface area contributed by atoms with Crippen molar-refractivity contribution in [2.75, 3.05) is 23.1 Å². The number of fused-ring (bicyclic) bond motifs is 2. The molecule has 3 heterocycles. The molecule has 0 aliphatic carbocycles. The van der Waals surface area contributed by atoms with Crippen molar-refractivity contribution in [2.45, 2.75) is 4.90 Å². The van der Waals surface area contributed by atoms with Crippen LogP contribution in [0.15, 0.2) is 105 Å². The Morgan fingerprint density at radius 3 is 2.35 bits per heavy atom. The lowest BCUT2D eigenvalue weighted by Gasteiger charge is -2.07. The largest absolute Gasteiger partial charge is 0.383 e. The van der Waals surface area contributed by atoms with Crippen LogP contribution < -0.4 is 22.1 Å². The van der Waals surface area contributed by atoms with Gasteiger partial charge in [-0.2, -0.15) is 4.40 Å². The fourth-order valence-corrected chi connectivity index (χ4v) is 7.45. The number of amides is 2. The summed E-state index contributed by atoms with van der Waals surface area (Å²) >= 11 is 5.56. The minimum atomic E-state index is -0.279. The quantitative estimate of drug-likeness (QED) is 0.0476. The molecule has 0 spiro atoms. The van der Waals surface area contributed by atoms with Crippen LogP contribution in [0.1, 0.15) is 30.6 Å². The van der Waals surface area contributed by atoms with Crippen molar-refractivity contribution in [3.8, 4) is 0 Å². The van der Waals surface area contributed by atoms with Crippen LogP contribution in [0.4, 0.5) is 11.4 Å². The van der Waals surface area contributed by atoms with Crippen LogP contribution in [0.2, 0.25) is 0 Å². The minimum Gasteiger partial charge on any atom is -0.383 e. The number of rotatable bonds is 8. The molecule has 0 atom stereocenters. The van der Waals surface area contributed by atoms with Gasteiger partial charge in [-0.15, -0.1) is 34.4 Å². The summed E-state index contributed by atoms with van der Waals surface area (Å²) < 4.78 is 4.10. The highest BCUT2D eigenvalue weighted by Gasteiger charge is 2.17. The van der Waals surface area contributed by atoms with E-state index in [9.17, 15) is 9.59 Å². The number of nitrogen functional groups attached to an aromatic ring is 1. The van der Waals surface area contributed by atoms with E-state index in [4.69, 9.17) is 16.9 Å². The van der Waals surface area contributed by atoms with Gasteiger partial charge in [0.15, 0.2) is 0 Å². The number of nitrogens with zero attached hydrogens (tertiary/aromatic N) is 2. The van der Waals surface area contributed by atoms with Crippen molar-refractivity contribution in [1.82, 2.24) is 4.98 Å². The summed E-state index contributed by atoms with van der Waals surface area (Å²) in [5.41, 5.74) is 14.6. The molecule has 3 aromatic heterocycles. The number of amidine groups is 2. The topological polar surface area (TPSA) is 159 Å². The molecule has 0 fully saturated rings. The third-order valence-electron chi connectivity index (χ3n) is 6.61. The molecule has 0 aliphatic rings. The second-order valence-electron chi connectivity index (χ2n) is 9.61. The Hall–Kier alpha value is -4.69. The third kappa shape index (κ3) is 7.57. The van der Waals surface area contributed by atoms with Gasteiger partial charge >= 0.3 is 0 Å². The SMILES string of the molecule is CSN=C(N)c1cc(NC(=O)c2cccc3ccccc23)cs1.CSc1c(NC(=O)c2ccc3ccccc3n2)csc1C(=N)N. The molecule has 0 radical (unpaired) electrons. The number of para-hydroxylation sites is 1. The molecule has 2 amide bonds. The van der Waals surface area contributed by atoms with Crippen LogP contribution in [-0.4, -0.2) is 41.0 Å². The first kappa shape index (κ1) is 32.7. The van der Waals surface area contributed by atoms with E-state index in [1.165, 1.54) is 46.4 Å². The molecule has 6 rings (SSSR count). The van der Waals surface area contributed by atoms with Crippen LogP contribution in [-0.2, 0) is 0 Å². The lowest BCUT2D eigenvalue weighted by atomic mass is 10.0. The average molecular weight is 684 g/mol. The van der Waals surface area contributed by atoms with Gasteiger partial charge in [-0.25, -0.2) is 4.98 Å². The Morgan fingerprint density at radius 1 is 0.848 bits per heavy atom. The van der Waals surface area contributed by atoms with Crippen molar-refractivity contribution in [3.05, 3.63) is 117 Å². The van der Waals surface area contributed by atoms with Crippen LogP contribution in [0.3, 0.4) is 0 Å². The van der Waals surface area contributed by atoms with E-state index in [1.54, 1.807) is 11.4 Å². The van der Waals surface area contributed by atoms with Gasteiger partial charge in [0.25, 0.3) is 11.8 Å². The number of hydrogen-bond donors (Lipinski definition) is 5. The molecule has 46 heavy (non-hydrogen) atoms. The first-order chi connectivity index (χ1) is 22.3. The smallest absolute Gasteiger partial charge is 0.274 e. The predicted molar refractivity (Wildman–Crippen MR) is 197 cm³/mol. The number of pyridine rings is 1. The predicted octanol–water partition coefficient (Wildman–Crippen LogP) is 7.69. The van der Waals surface area contributed by atoms with E-state index >= 15 is 0 Å². The molecule has 3 aromatic carbocycles. The number of hydrogen-bond acceptors (Lipinski definition) is 9. The molecule has 0 saturated heterocycles. The maximum Gasteiger partial charge on any atom is 0.274 e. The molecule has 13 heteroatoms. The Morgan fingerprint density at radius 2 is 1.59 bits per heavy atom. The zero-order valence-corrected chi connectivity index (χ0v) is 28.0. The summed E-state index contributed by atoms with van der Waals surface area (Å²) in [5.74, 6) is 0.0577. The fraction of sp³-hybridized carbons (Fsp3) is 0.0606. The number of carbonyl (C=O) groups excluding carboxylic acids is 2. The number of nitrogens with two attached hydrogens (primary N) is 2. The van der Waals surface area contributed by atoms with E-state index in [1.807, 2.05) is 96.8 Å². The molecule has 0 saturated carbocycles. The third-order valence-corrected chi connectivity index (χ3v) is 9.91. The lowest BCUT2D eigenvalue weighted by molar-refractivity contribution is 0.101. The second kappa shape index (κ2) is 15.1. The second-order valence-corrected chi connectivity index (χ2v) is 12.8. The Balaban J connectivity index is 0.000000181. The highest BCUT2D eigenvalue weighted by atomic mass is 32.2. The van der Waals surface area contributed by atoms with Gasteiger partial charge < -0.3 is 22.1 Å². The van der Waals surface area contributed by atoms with Crippen molar-refractivity contribution in [2.24, 2.45) is 15.9 Å². The Bertz CT molecular complexity index is 2080. The molecule has 0 aliphatic heterocycles. The molecule has 7 N–H and O–H groups in total. The molecule has 0 unspecified atom stereocenters. The molecular weight excluding hydrogens is 655 g/mol. The van der Waals surface area contributed by atoms with Gasteiger partial charge in [0.05, 0.1) is 31.5 Å². The molecular formula is C33H29N7O2S4. The van der Waals surface area contributed by atoms with Gasteiger partial charge in [-0.1, -0.05) is 60.7 Å². The Kier molecular flexibility index (Phi) is 10.7. The summed E-state index contributed by atoms with van der Waals surface area (Å²) in [5, 5.41) is 20.0. The van der Waals surface area contributed by atoms with Crippen LogP contribution in [0.25, 0.3) is 21.7 Å². The van der Waals surface area contributed by atoms with Gasteiger partial charge in [0.2, 0.25) is 0 Å². The van der Waals surface area contributed by atoms with Gasteiger partial charge in [-0.3, -0.25) is 15.0 Å². The van der Waals surface area contributed by atoms with Crippen molar-refractivity contribution < 1.29 is 9.59 Å². The molecule has 232 valence electrons. The fourth-order valence-electron chi connectivity index (χ4n) is 4.50. The number of thioether (sulfide) groups is 1. The van der Waals surface area contributed by atoms with Crippen molar-refractivity contribution >= 4 is 103 Å².